The Balaban J connectivity index is 2.33. The third-order valence-electron chi connectivity index (χ3n) is 4.46. The molecule has 0 spiro atoms. The zero-order valence-corrected chi connectivity index (χ0v) is 15.5. The van der Waals surface area contributed by atoms with Crippen molar-refractivity contribution in [2.45, 2.75) is 46.0 Å². The summed E-state index contributed by atoms with van der Waals surface area (Å²) < 4.78 is 4.95. The van der Waals surface area contributed by atoms with Crippen molar-refractivity contribution in [1.82, 2.24) is 0 Å². The van der Waals surface area contributed by atoms with Crippen molar-refractivity contribution in [2.24, 2.45) is 0 Å². The highest BCUT2D eigenvalue weighted by Gasteiger charge is 2.15. The molecule has 2 nitrogen and oxygen atoms in total. The summed E-state index contributed by atoms with van der Waals surface area (Å²) in [5.41, 5.74) is 4.99. The fourth-order valence-corrected chi connectivity index (χ4v) is 3.03. The Morgan fingerprint density at radius 2 is 1.76 bits per heavy atom. The lowest BCUT2D eigenvalue weighted by Crippen LogP contribution is -2.04. The molecule has 0 amide bonds. The zero-order chi connectivity index (χ0) is 18.1. The first-order valence-corrected chi connectivity index (χ1v) is 9.13. The number of unbranched alkanes of at least 4 members (excludes halogenated alkanes) is 4. The van der Waals surface area contributed by atoms with Crippen LogP contribution in [0.25, 0.3) is 17.2 Å². The van der Waals surface area contributed by atoms with Crippen molar-refractivity contribution in [3.8, 4) is 11.1 Å². The smallest absolute Gasteiger partial charge is 0.338 e. The topological polar surface area (TPSA) is 26.3 Å². The minimum atomic E-state index is -0.299. The van der Waals surface area contributed by atoms with Gasteiger partial charge in [0.15, 0.2) is 0 Å². The lowest BCUT2D eigenvalue weighted by Gasteiger charge is -2.13. The van der Waals surface area contributed by atoms with E-state index in [1.807, 2.05) is 30.3 Å². The van der Waals surface area contributed by atoms with Crippen molar-refractivity contribution < 1.29 is 9.53 Å². The second-order valence-electron chi connectivity index (χ2n) is 6.33. The monoisotopic (exact) mass is 336 g/mol. The molecule has 0 aromatic heterocycles. The van der Waals surface area contributed by atoms with Gasteiger partial charge in [-0.2, -0.15) is 0 Å². The van der Waals surface area contributed by atoms with E-state index in [2.05, 4.69) is 38.1 Å². The Bertz CT molecular complexity index is 729. The number of esters is 1. The first-order valence-electron chi connectivity index (χ1n) is 9.13. The molecule has 2 aromatic carbocycles. The summed E-state index contributed by atoms with van der Waals surface area (Å²) in [5.74, 6) is -0.299. The number of methoxy groups -OCH3 is 1. The first-order chi connectivity index (χ1) is 12.2. The predicted octanol–water partition coefficient (Wildman–Crippen LogP) is 6.43. The number of rotatable bonds is 8. The molecular formula is C23H28O2. The summed E-state index contributed by atoms with van der Waals surface area (Å²) in [7, 11) is 1.42. The highest BCUT2D eigenvalue weighted by Crippen LogP contribution is 2.30. The van der Waals surface area contributed by atoms with Gasteiger partial charge in [0.2, 0.25) is 0 Å². The van der Waals surface area contributed by atoms with E-state index in [1.165, 1.54) is 43.9 Å². The highest BCUT2D eigenvalue weighted by molar-refractivity contribution is 5.98. The van der Waals surface area contributed by atoms with Gasteiger partial charge in [-0.3, -0.25) is 0 Å². The third-order valence-corrected chi connectivity index (χ3v) is 4.46. The van der Waals surface area contributed by atoms with Crippen LogP contribution in [0, 0.1) is 6.92 Å². The Hall–Kier alpha value is -2.35. The van der Waals surface area contributed by atoms with Crippen LogP contribution in [-0.4, -0.2) is 13.1 Å². The third kappa shape index (κ3) is 5.06. The molecule has 0 unspecified atom stereocenters. The molecule has 2 heteroatoms. The summed E-state index contributed by atoms with van der Waals surface area (Å²) in [6, 6.07) is 13.9. The van der Waals surface area contributed by atoms with Crippen LogP contribution in [-0.2, 0) is 4.74 Å². The molecule has 132 valence electrons. The van der Waals surface area contributed by atoms with E-state index in [9.17, 15) is 4.79 Å². The second kappa shape index (κ2) is 9.83. The summed E-state index contributed by atoms with van der Waals surface area (Å²) in [6.07, 6.45) is 10.6. The van der Waals surface area contributed by atoms with Crippen LogP contribution < -0.4 is 0 Å². The molecule has 0 radical (unpaired) electrons. The Morgan fingerprint density at radius 1 is 1.00 bits per heavy atom. The van der Waals surface area contributed by atoms with Gasteiger partial charge >= 0.3 is 5.97 Å². The average Bonchev–Trinajstić information content (AvgIpc) is 2.65. The molecule has 0 saturated heterocycles. The van der Waals surface area contributed by atoms with Crippen molar-refractivity contribution in [1.29, 1.82) is 0 Å². The Kier molecular flexibility index (Phi) is 7.46. The largest absolute Gasteiger partial charge is 0.465 e. The molecule has 0 bridgehead atoms. The summed E-state index contributed by atoms with van der Waals surface area (Å²) in [5, 5.41) is 0. The van der Waals surface area contributed by atoms with Crippen LogP contribution in [0.5, 0.6) is 0 Å². The van der Waals surface area contributed by atoms with Gasteiger partial charge in [0, 0.05) is 0 Å². The molecule has 0 fully saturated rings. The van der Waals surface area contributed by atoms with Gasteiger partial charge in [-0.25, -0.2) is 4.79 Å². The highest BCUT2D eigenvalue weighted by atomic mass is 16.5. The SMILES string of the molecule is CCCCCC/C=C/c1c(C)cccc1-c1ccccc1C(=O)OC. The van der Waals surface area contributed by atoms with Crippen molar-refractivity contribution in [2.75, 3.05) is 7.11 Å². The number of allylic oxidation sites excluding steroid dienone is 1. The number of aryl methyl sites for hydroxylation is 1. The lowest BCUT2D eigenvalue weighted by atomic mass is 9.92. The van der Waals surface area contributed by atoms with Gasteiger partial charge in [-0.15, -0.1) is 0 Å². The number of benzene rings is 2. The van der Waals surface area contributed by atoms with Crippen molar-refractivity contribution in [3.63, 3.8) is 0 Å². The molecule has 2 rings (SSSR count). The number of carbonyl (C=O) groups excluding carboxylic acids is 1. The van der Waals surface area contributed by atoms with Gasteiger partial charge in [0.05, 0.1) is 12.7 Å². The summed E-state index contributed by atoms with van der Waals surface area (Å²) in [4.78, 5) is 12.1. The molecule has 0 atom stereocenters. The quantitative estimate of drug-likeness (QED) is 0.410. The number of carbonyl (C=O) groups is 1. The van der Waals surface area contributed by atoms with E-state index in [0.29, 0.717) is 5.56 Å². The summed E-state index contributed by atoms with van der Waals surface area (Å²) >= 11 is 0. The van der Waals surface area contributed by atoms with Crippen LogP contribution in [0.2, 0.25) is 0 Å². The Morgan fingerprint density at radius 3 is 2.52 bits per heavy atom. The maximum atomic E-state index is 12.1. The van der Waals surface area contributed by atoms with E-state index in [1.54, 1.807) is 0 Å². The first kappa shape index (κ1) is 19.0. The molecule has 0 heterocycles. The number of hydrogen-bond acceptors (Lipinski definition) is 2. The minimum absolute atomic E-state index is 0.299. The minimum Gasteiger partial charge on any atom is -0.465 e. The van der Waals surface area contributed by atoms with E-state index in [4.69, 9.17) is 4.74 Å². The Labute approximate surface area is 151 Å². The standard InChI is InChI=1S/C23H28O2/c1-4-5-6-7-8-9-14-19-18(2)13-12-17-20(19)21-15-10-11-16-22(21)23(24)25-3/h9-17H,4-8H2,1-3H3/b14-9+. The fourth-order valence-electron chi connectivity index (χ4n) is 3.03. The van der Waals surface area contributed by atoms with E-state index in [0.717, 1.165) is 17.5 Å². The second-order valence-corrected chi connectivity index (χ2v) is 6.33. The molecule has 0 saturated carbocycles. The van der Waals surface area contributed by atoms with Crippen LogP contribution in [0.3, 0.4) is 0 Å². The van der Waals surface area contributed by atoms with Crippen molar-refractivity contribution in [3.05, 3.63) is 65.2 Å². The number of hydrogen-bond donors (Lipinski definition) is 0. The molecule has 0 N–H and O–H groups in total. The maximum Gasteiger partial charge on any atom is 0.338 e. The van der Waals surface area contributed by atoms with Crippen LogP contribution >= 0.6 is 0 Å². The van der Waals surface area contributed by atoms with E-state index >= 15 is 0 Å². The summed E-state index contributed by atoms with van der Waals surface area (Å²) in [6.45, 7) is 4.34. The van der Waals surface area contributed by atoms with Gasteiger partial charge in [0.1, 0.15) is 0 Å². The van der Waals surface area contributed by atoms with Gasteiger partial charge in [-0.1, -0.05) is 74.7 Å². The van der Waals surface area contributed by atoms with Crippen LogP contribution in [0.15, 0.2) is 48.5 Å². The zero-order valence-electron chi connectivity index (χ0n) is 15.5. The molecule has 2 aromatic rings. The average molecular weight is 336 g/mol. The molecular weight excluding hydrogens is 308 g/mol. The fraction of sp³-hybridized carbons (Fsp3) is 0.348. The predicted molar refractivity (Wildman–Crippen MR) is 106 cm³/mol. The number of ether oxygens (including phenoxy) is 1. The van der Waals surface area contributed by atoms with E-state index < -0.39 is 0 Å². The normalized spacial score (nSPS) is 11.0. The van der Waals surface area contributed by atoms with Crippen LogP contribution in [0.1, 0.15) is 60.5 Å². The molecule has 0 aliphatic carbocycles. The molecule has 25 heavy (non-hydrogen) atoms. The van der Waals surface area contributed by atoms with Crippen molar-refractivity contribution >= 4 is 12.0 Å². The van der Waals surface area contributed by atoms with Gasteiger partial charge < -0.3 is 4.74 Å². The molecule has 0 aliphatic heterocycles. The lowest BCUT2D eigenvalue weighted by molar-refractivity contribution is 0.0601. The maximum absolute atomic E-state index is 12.1. The van der Waals surface area contributed by atoms with E-state index in [-0.39, 0.29) is 5.97 Å². The van der Waals surface area contributed by atoms with Crippen LogP contribution in [0.4, 0.5) is 0 Å². The molecule has 0 aliphatic rings. The van der Waals surface area contributed by atoms with Gasteiger partial charge in [0.25, 0.3) is 0 Å². The van der Waals surface area contributed by atoms with Gasteiger partial charge in [-0.05, 0) is 48.1 Å².